The third-order valence-corrected chi connectivity index (χ3v) is 4.45. The number of carbonyl (C=O) groups excluding carboxylic acids is 1. The molecule has 0 saturated heterocycles. The maximum absolute atomic E-state index is 12.5. The van der Waals surface area contributed by atoms with Crippen molar-refractivity contribution in [1.82, 2.24) is 5.32 Å². The summed E-state index contributed by atoms with van der Waals surface area (Å²) in [6.45, 7) is 4.41. The highest BCUT2D eigenvalue weighted by Crippen LogP contribution is 2.28. The van der Waals surface area contributed by atoms with E-state index in [2.05, 4.69) is 5.32 Å². The molecule has 0 saturated carbocycles. The Kier molecular flexibility index (Phi) is 5.16. The molecule has 0 unspecified atom stereocenters. The van der Waals surface area contributed by atoms with E-state index in [-0.39, 0.29) is 5.91 Å². The molecular formula is C21H23NO4. The van der Waals surface area contributed by atoms with Gasteiger partial charge >= 0.3 is 0 Å². The van der Waals surface area contributed by atoms with Crippen LogP contribution in [0.1, 0.15) is 27.2 Å². The van der Waals surface area contributed by atoms with Crippen molar-refractivity contribution in [3.8, 4) is 11.5 Å². The summed E-state index contributed by atoms with van der Waals surface area (Å²) in [7, 11) is 3.21. The molecule has 1 heterocycles. The molecule has 3 aromatic rings. The second kappa shape index (κ2) is 7.52. The highest BCUT2D eigenvalue weighted by Gasteiger charge is 2.17. The molecule has 0 atom stereocenters. The third-order valence-electron chi connectivity index (χ3n) is 4.45. The second-order valence-corrected chi connectivity index (χ2v) is 6.25. The first kappa shape index (κ1) is 17.9. The Bertz CT molecular complexity index is 943. The van der Waals surface area contributed by atoms with Crippen molar-refractivity contribution in [2.45, 2.75) is 20.3 Å². The molecular weight excluding hydrogens is 330 g/mol. The van der Waals surface area contributed by atoms with Gasteiger partial charge < -0.3 is 19.2 Å². The number of methoxy groups -OCH3 is 2. The van der Waals surface area contributed by atoms with E-state index in [0.717, 1.165) is 27.7 Å². The number of ether oxygens (including phenoxy) is 2. The SMILES string of the molecule is COc1ccc(CCNC(=O)c2oc3cc(C)ccc3c2C)cc1OC. The molecule has 0 bridgehead atoms. The molecule has 0 spiro atoms. The lowest BCUT2D eigenvalue weighted by Crippen LogP contribution is -2.25. The number of carbonyl (C=O) groups is 1. The van der Waals surface area contributed by atoms with Gasteiger partial charge in [0, 0.05) is 17.5 Å². The molecule has 5 heteroatoms. The van der Waals surface area contributed by atoms with Crippen molar-refractivity contribution in [2.75, 3.05) is 20.8 Å². The molecule has 0 aliphatic heterocycles. The first-order valence-corrected chi connectivity index (χ1v) is 8.52. The van der Waals surface area contributed by atoms with E-state index in [0.29, 0.717) is 30.2 Å². The Morgan fingerprint density at radius 3 is 2.54 bits per heavy atom. The van der Waals surface area contributed by atoms with E-state index in [1.165, 1.54) is 0 Å². The molecule has 3 rings (SSSR count). The van der Waals surface area contributed by atoms with Gasteiger partial charge in [0.25, 0.3) is 5.91 Å². The Hall–Kier alpha value is -2.95. The zero-order valence-corrected chi connectivity index (χ0v) is 15.5. The minimum atomic E-state index is -0.197. The molecule has 5 nitrogen and oxygen atoms in total. The molecule has 0 fully saturated rings. The molecule has 0 aliphatic carbocycles. The van der Waals surface area contributed by atoms with E-state index in [1.54, 1.807) is 14.2 Å². The van der Waals surface area contributed by atoms with Gasteiger partial charge in [0.15, 0.2) is 17.3 Å². The average molecular weight is 353 g/mol. The van der Waals surface area contributed by atoms with Crippen molar-refractivity contribution in [3.63, 3.8) is 0 Å². The van der Waals surface area contributed by atoms with E-state index < -0.39 is 0 Å². The van der Waals surface area contributed by atoms with Crippen LogP contribution in [0.15, 0.2) is 40.8 Å². The summed E-state index contributed by atoms with van der Waals surface area (Å²) in [4.78, 5) is 12.5. The molecule has 1 amide bonds. The Labute approximate surface area is 152 Å². The van der Waals surface area contributed by atoms with Crippen molar-refractivity contribution >= 4 is 16.9 Å². The second-order valence-electron chi connectivity index (χ2n) is 6.25. The van der Waals surface area contributed by atoms with Crippen LogP contribution in [0.25, 0.3) is 11.0 Å². The summed E-state index contributed by atoms with van der Waals surface area (Å²) in [6, 6.07) is 11.7. The highest BCUT2D eigenvalue weighted by atomic mass is 16.5. The lowest BCUT2D eigenvalue weighted by molar-refractivity contribution is 0.0928. The van der Waals surface area contributed by atoms with Crippen LogP contribution in [-0.4, -0.2) is 26.7 Å². The normalized spacial score (nSPS) is 10.8. The molecule has 26 heavy (non-hydrogen) atoms. The highest BCUT2D eigenvalue weighted by molar-refractivity contribution is 5.99. The molecule has 1 N–H and O–H groups in total. The van der Waals surface area contributed by atoms with Gasteiger partial charge in [0.2, 0.25) is 0 Å². The maximum atomic E-state index is 12.5. The van der Waals surface area contributed by atoms with Gasteiger partial charge in [-0.2, -0.15) is 0 Å². The summed E-state index contributed by atoms with van der Waals surface area (Å²) in [5, 5.41) is 3.90. The molecule has 1 aromatic heterocycles. The number of rotatable bonds is 6. The van der Waals surface area contributed by atoms with Crippen LogP contribution in [0.5, 0.6) is 11.5 Å². The van der Waals surface area contributed by atoms with Crippen LogP contribution in [0.4, 0.5) is 0 Å². The smallest absolute Gasteiger partial charge is 0.287 e. The van der Waals surface area contributed by atoms with Crippen molar-refractivity contribution < 1.29 is 18.7 Å². The molecule has 0 radical (unpaired) electrons. The van der Waals surface area contributed by atoms with Gasteiger partial charge in [0.05, 0.1) is 14.2 Å². The van der Waals surface area contributed by atoms with Crippen LogP contribution in [0, 0.1) is 13.8 Å². The fraction of sp³-hybridized carbons (Fsp3) is 0.286. The summed E-state index contributed by atoms with van der Waals surface area (Å²) in [5.41, 5.74) is 3.77. The number of benzene rings is 2. The number of fused-ring (bicyclic) bond motifs is 1. The molecule has 136 valence electrons. The van der Waals surface area contributed by atoms with Crippen molar-refractivity contribution in [2.24, 2.45) is 0 Å². The van der Waals surface area contributed by atoms with Crippen molar-refractivity contribution in [3.05, 3.63) is 58.8 Å². The van der Waals surface area contributed by atoms with Crippen molar-refractivity contribution in [1.29, 1.82) is 0 Å². The van der Waals surface area contributed by atoms with E-state index in [9.17, 15) is 4.79 Å². The van der Waals surface area contributed by atoms with Crippen LogP contribution in [-0.2, 0) is 6.42 Å². The summed E-state index contributed by atoms with van der Waals surface area (Å²) >= 11 is 0. The Balaban J connectivity index is 1.67. The monoisotopic (exact) mass is 353 g/mol. The van der Waals surface area contributed by atoms with Gasteiger partial charge in [-0.25, -0.2) is 0 Å². The molecule has 0 aliphatic rings. The van der Waals surface area contributed by atoms with Crippen LogP contribution in [0.2, 0.25) is 0 Å². The fourth-order valence-electron chi connectivity index (χ4n) is 2.99. The molecule has 2 aromatic carbocycles. The van der Waals surface area contributed by atoms with Gasteiger partial charge in [-0.3, -0.25) is 4.79 Å². The van der Waals surface area contributed by atoms with E-state index in [4.69, 9.17) is 13.9 Å². The topological polar surface area (TPSA) is 60.7 Å². The van der Waals surface area contributed by atoms with Crippen LogP contribution in [0.3, 0.4) is 0 Å². The Morgan fingerprint density at radius 1 is 1.04 bits per heavy atom. The quantitative estimate of drug-likeness (QED) is 0.726. The lowest BCUT2D eigenvalue weighted by atomic mass is 10.1. The zero-order chi connectivity index (χ0) is 18.7. The largest absolute Gasteiger partial charge is 0.493 e. The first-order valence-electron chi connectivity index (χ1n) is 8.52. The standard InChI is InChI=1S/C21H23NO4/c1-13-5-7-16-14(2)20(26-18(16)11-13)21(23)22-10-9-15-6-8-17(24-3)19(12-15)25-4/h5-8,11-12H,9-10H2,1-4H3,(H,22,23). The third kappa shape index (κ3) is 3.52. The van der Waals surface area contributed by atoms with E-state index >= 15 is 0 Å². The minimum Gasteiger partial charge on any atom is -0.493 e. The number of nitrogens with one attached hydrogen (secondary N) is 1. The number of hydrogen-bond donors (Lipinski definition) is 1. The van der Waals surface area contributed by atoms with Crippen LogP contribution < -0.4 is 14.8 Å². The van der Waals surface area contributed by atoms with Crippen LogP contribution >= 0.6 is 0 Å². The predicted octanol–water partition coefficient (Wildman–Crippen LogP) is 4.04. The number of hydrogen-bond acceptors (Lipinski definition) is 4. The number of furan rings is 1. The van der Waals surface area contributed by atoms with Gasteiger partial charge in [-0.15, -0.1) is 0 Å². The van der Waals surface area contributed by atoms with Gasteiger partial charge in [0.1, 0.15) is 5.58 Å². The Morgan fingerprint density at radius 2 is 1.81 bits per heavy atom. The number of amides is 1. The number of aryl methyl sites for hydroxylation is 2. The summed E-state index contributed by atoms with van der Waals surface area (Å²) in [6.07, 6.45) is 0.685. The van der Waals surface area contributed by atoms with Gasteiger partial charge in [-0.1, -0.05) is 18.2 Å². The predicted molar refractivity (Wildman–Crippen MR) is 101 cm³/mol. The average Bonchev–Trinajstić information content (AvgIpc) is 2.97. The minimum absolute atomic E-state index is 0.197. The summed E-state index contributed by atoms with van der Waals surface area (Å²) in [5.74, 6) is 1.54. The fourth-order valence-corrected chi connectivity index (χ4v) is 2.99. The zero-order valence-electron chi connectivity index (χ0n) is 15.5. The maximum Gasteiger partial charge on any atom is 0.287 e. The summed E-state index contributed by atoms with van der Waals surface area (Å²) < 4.78 is 16.3. The van der Waals surface area contributed by atoms with E-state index in [1.807, 2.05) is 50.2 Å². The lowest BCUT2D eigenvalue weighted by Gasteiger charge is -2.10. The first-order chi connectivity index (χ1) is 12.5. The van der Waals surface area contributed by atoms with Gasteiger partial charge in [-0.05, 0) is 49.6 Å².